The number of para-hydroxylation sites is 1. The molecular weight excluding hydrogens is 280 g/mol. The fourth-order valence-corrected chi connectivity index (χ4v) is 2.35. The molecule has 0 aliphatic carbocycles. The SMILES string of the molecule is CC(C)C(N)CCN(C)C(=O)c1cccc2c1OCCCO2. The monoisotopic (exact) mass is 306 g/mol. The molecular formula is C17H26N2O3. The average Bonchev–Trinajstić information content (AvgIpc) is 2.76. The van der Waals surface area contributed by atoms with E-state index in [9.17, 15) is 4.79 Å². The lowest BCUT2D eigenvalue weighted by Crippen LogP contribution is -2.34. The van der Waals surface area contributed by atoms with Crippen LogP contribution in [0.4, 0.5) is 0 Å². The van der Waals surface area contributed by atoms with Gasteiger partial charge >= 0.3 is 0 Å². The molecule has 22 heavy (non-hydrogen) atoms. The second kappa shape index (κ2) is 7.49. The lowest BCUT2D eigenvalue weighted by Gasteiger charge is -2.22. The highest BCUT2D eigenvalue weighted by Gasteiger charge is 2.22. The van der Waals surface area contributed by atoms with E-state index in [1.54, 1.807) is 18.0 Å². The molecule has 0 saturated carbocycles. The third kappa shape index (κ3) is 3.91. The molecule has 5 heteroatoms. The third-order valence-corrected chi connectivity index (χ3v) is 4.00. The zero-order valence-corrected chi connectivity index (χ0v) is 13.7. The van der Waals surface area contributed by atoms with E-state index in [0.29, 0.717) is 42.7 Å². The van der Waals surface area contributed by atoms with E-state index >= 15 is 0 Å². The van der Waals surface area contributed by atoms with Gasteiger partial charge in [-0.15, -0.1) is 0 Å². The summed E-state index contributed by atoms with van der Waals surface area (Å²) in [6, 6.07) is 5.55. The summed E-state index contributed by atoms with van der Waals surface area (Å²) >= 11 is 0. The summed E-state index contributed by atoms with van der Waals surface area (Å²) in [7, 11) is 1.80. The fraction of sp³-hybridized carbons (Fsp3) is 0.588. The molecule has 122 valence electrons. The molecule has 2 rings (SSSR count). The van der Waals surface area contributed by atoms with Gasteiger partial charge in [0.05, 0.1) is 18.8 Å². The molecule has 0 fully saturated rings. The number of benzene rings is 1. The Morgan fingerprint density at radius 1 is 1.32 bits per heavy atom. The Balaban J connectivity index is 2.09. The van der Waals surface area contributed by atoms with Gasteiger partial charge in [0.25, 0.3) is 5.91 Å². The minimum Gasteiger partial charge on any atom is -0.490 e. The highest BCUT2D eigenvalue weighted by Crippen LogP contribution is 2.33. The largest absolute Gasteiger partial charge is 0.490 e. The molecule has 0 bridgehead atoms. The molecule has 0 radical (unpaired) electrons. The van der Waals surface area contributed by atoms with Gasteiger partial charge < -0.3 is 20.1 Å². The predicted octanol–water partition coefficient (Wildman–Crippen LogP) is 2.29. The molecule has 1 heterocycles. The van der Waals surface area contributed by atoms with Crippen molar-refractivity contribution < 1.29 is 14.3 Å². The lowest BCUT2D eigenvalue weighted by molar-refractivity contribution is 0.0784. The van der Waals surface area contributed by atoms with Crippen molar-refractivity contribution in [2.45, 2.75) is 32.7 Å². The zero-order chi connectivity index (χ0) is 16.1. The Kier molecular flexibility index (Phi) is 5.66. The van der Waals surface area contributed by atoms with E-state index in [-0.39, 0.29) is 11.9 Å². The van der Waals surface area contributed by atoms with Crippen molar-refractivity contribution in [3.8, 4) is 11.5 Å². The number of carbonyl (C=O) groups excluding carboxylic acids is 1. The maximum absolute atomic E-state index is 12.7. The molecule has 1 amide bonds. The molecule has 1 aliphatic heterocycles. The summed E-state index contributed by atoms with van der Waals surface area (Å²) in [6.07, 6.45) is 1.60. The molecule has 1 aliphatic rings. The molecule has 0 spiro atoms. The first-order chi connectivity index (χ1) is 10.5. The topological polar surface area (TPSA) is 64.8 Å². The number of fused-ring (bicyclic) bond motifs is 1. The van der Waals surface area contributed by atoms with E-state index in [2.05, 4.69) is 13.8 Å². The summed E-state index contributed by atoms with van der Waals surface area (Å²) in [4.78, 5) is 14.4. The first-order valence-electron chi connectivity index (χ1n) is 7.90. The minimum absolute atomic E-state index is 0.0571. The number of amides is 1. The molecule has 5 nitrogen and oxygen atoms in total. The molecule has 1 aromatic rings. The fourth-order valence-electron chi connectivity index (χ4n) is 2.35. The van der Waals surface area contributed by atoms with Gasteiger partial charge in [-0.25, -0.2) is 0 Å². The summed E-state index contributed by atoms with van der Waals surface area (Å²) in [5, 5.41) is 0. The van der Waals surface area contributed by atoms with Gasteiger partial charge in [0.2, 0.25) is 0 Å². The summed E-state index contributed by atoms with van der Waals surface area (Å²) in [5.41, 5.74) is 6.61. The van der Waals surface area contributed by atoms with Crippen LogP contribution in [0.25, 0.3) is 0 Å². The zero-order valence-electron chi connectivity index (χ0n) is 13.7. The van der Waals surface area contributed by atoms with Gasteiger partial charge in [-0.3, -0.25) is 4.79 Å². The second-order valence-electron chi connectivity index (χ2n) is 6.11. The van der Waals surface area contributed by atoms with Crippen LogP contribution in [0.2, 0.25) is 0 Å². The van der Waals surface area contributed by atoms with Crippen molar-refractivity contribution in [1.82, 2.24) is 4.90 Å². The van der Waals surface area contributed by atoms with Crippen molar-refractivity contribution in [3.05, 3.63) is 23.8 Å². The van der Waals surface area contributed by atoms with E-state index in [1.807, 2.05) is 12.1 Å². The predicted molar refractivity (Wildman–Crippen MR) is 86.4 cm³/mol. The summed E-state index contributed by atoms with van der Waals surface area (Å²) in [6.45, 7) is 6.00. The van der Waals surface area contributed by atoms with Crippen LogP contribution in [0.1, 0.15) is 37.0 Å². The van der Waals surface area contributed by atoms with E-state index in [0.717, 1.165) is 12.8 Å². The Bertz CT molecular complexity index is 517. The highest BCUT2D eigenvalue weighted by atomic mass is 16.5. The van der Waals surface area contributed by atoms with Gasteiger partial charge in [0.1, 0.15) is 0 Å². The van der Waals surface area contributed by atoms with Crippen molar-refractivity contribution in [2.75, 3.05) is 26.8 Å². The number of nitrogens with zero attached hydrogens (tertiary/aromatic N) is 1. The Hall–Kier alpha value is -1.75. The molecule has 0 aromatic heterocycles. The van der Waals surface area contributed by atoms with Crippen LogP contribution in [0.5, 0.6) is 11.5 Å². The van der Waals surface area contributed by atoms with Gasteiger partial charge in [-0.1, -0.05) is 19.9 Å². The normalized spacial score (nSPS) is 15.3. The number of ether oxygens (including phenoxy) is 2. The number of rotatable bonds is 5. The molecule has 1 aromatic carbocycles. The van der Waals surface area contributed by atoms with Gasteiger partial charge in [-0.2, -0.15) is 0 Å². The number of carbonyl (C=O) groups is 1. The van der Waals surface area contributed by atoms with E-state index in [1.165, 1.54) is 0 Å². The van der Waals surface area contributed by atoms with Crippen LogP contribution < -0.4 is 15.2 Å². The van der Waals surface area contributed by atoms with E-state index < -0.39 is 0 Å². The van der Waals surface area contributed by atoms with Gasteiger partial charge in [0.15, 0.2) is 11.5 Å². The Labute approximate surface area is 132 Å². The van der Waals surface area contributed by atoms with Crippen LogP contribution in [0, 0.1) is 5.92 Å². The van der Waals surface area contributed by atoms with Crippen LogP contribution >= 0.6 is 0 Å². The highest BCUT2D eigenvalue weighted by molar-refractivity contribution is 5.97. The third-order valence-electron chi connectivity index (χ3n) is 4.00. The number of hydrogen-bond donors (Lipinski definition) is 1. The Morgan fingerprint density at radius 2 is 2.05 bits per heavy atom. The van der Waals surface area contributed by atoms with Crippen molar-refractivity contribution in [2.24, 2.45) is 11.7 Å². The summed E-state index contributed by atoms with van der Waals surface area (Å²) in [5.74, 6) is 1.56. The van der Waals surface area contributed by atoms with Gasteiger partial charge in [0, 0.05) is 26.1 Å². The number of nitrogens with two attached hydrogens (primary N) is 1. The number of hydrogen-bond acceptors (Lipinski definition) is 4. The maximum Gasteiger partial charge on any atom is 0.257 e. The van der Waals surface area contributed by atoms with E-state index in [4.69, 9.17) is 15.2 Å². The standard InChI is InChI=1S/C17H26N2O3/c1-12(2)14(18)8-9-19(3)17(20)13-6-4-7-15-16(13)22-11-5-10-21-15/h4,6-7,12,14H,5,8-11,18H2,1-3H3. The average molecular weight is 306 g/mol. The Morgan fingerprint density at radius 3 is 2.77 bits per heavy atom. The summed E-state index contributed by atoms with van der Waals surface area (Å²) < 4.78 is 11.4. The van der Waals surface area contributed by atoms with Crippen molar-refractivity contribution in [1.29, 1.82) is 0 Å². The minimum atomic E-state index is -0.0571. The van der Waals surface area contributed by atoms with Crippen LogP contribution in [-0.4, -0.2) is 43.7 Å². The second-order valence-corrected chi connectivity index (χ2v) is 6.11. The van der Waals surface area contributed by atoms with Crippen molar-refractivity contribution >= 4 is 5.91 Å². The molecule has 1 unspecified atom stereocenters. The van der Waals surface area contributed by atoms with Crippen molar-refractivity contribution in [3.63, 3.8) is 0 Å². The smallest absolute Gasteiger partial charge is 0.257 e. The first-order valence-corrected chi connectivity index (χ1v) is 7.90. The molecule has 2 N–H and O–H groups in total. The van der Waals surface area contributed by atoms with Crippen LogP contribution in [-0.2, 0) is 0 Å². The van der Waals surface area contributed by atoms with Crippen LogP contribution in [0.3, 0.4) is 0 Å². The van der Waals surface area contributed by atoms with Gasteiger partial charge in [-0.05, 0) is 24.5 Å². The molecule has 0 saturated heterocycles. The molecule has 1 atom stereocenters. The lowest BCUT2D eigenvalue weighted by atomic mass is 10.0. The first kappa shape index (κ1) is 16.6. The quantitative estimate of drug-likeness (QED) is 0.906. The van der Waals surface area contributed by atoms with Crippen LogP contribution in [0.15, 0.2) is 18.2 Å². The maximum atomic E-state index is 12.7.